The molecule has 0 aliphatic carbocycles. The van der Waals surface area contributed by atoms with E-state index in [2.05, 4.69) is 5.32 Å². The molecule has 0 aromatic carbocycles. The van der Waals surface area contributed by atoms with Crippen molar-refractivity contribution in [2.75, 3.05) is 25.9 Å². The molecule has 18 heavy (non-hydrogen) atoms. The van der Waals surface area contributed by atoms with Crippen LogP contribution in [-0.4, -0.2) is 55.7 Å². The Morgan fingerprint density at radius 3 is 2.78 bits per heavy atom. The summed E-state index contributed by atoms with van der Waals surface area (Å²) in [5.74, 6) is -1.02. The average Bonchev–Trinajstić information content (AvgIpc) is 2.29. The van der Waals surface area contributed by atoms with Gasteiger partial charge in [0.1, 0.15) is 0 Å². The molecule has 2 N–H and O–H groups in total. The quantitative estimate of drug-likeness (QED) is 0.697. The van der Waals surface area contributed by atoms with Gasteiger partial charge in [-0.1, -0.05) is 6.42 Å². The highest BCUT2D eigenvalue weighted by Gasteiger charge is 2.31. The van der Waals surface area contributed by atoms with Crippen LogP contribution in [0.15, 0.2) is 0 Å². The molecule has 1 fully saturated rings. The van der Waals surface area contributed by atoms with E-state index in [1.54, 1.807) is 4.31 Å². The van der Waals surface area contributed by atoms with E-state index in [0.29, 0.717) is 13.1 Å². The van der Waals surface area contributed by atoms with E-state index in [0.717, 1.165) is 19.3 Å². The lowest BCUT2D eigenvalue weighted by molar-refractivity contribution is -0.137. The predicted molar refractivity (Wildman–Crippen MR) is 68.9 cm³/mol. The molecule has 0 spiro atoms. The van der Waals surface area contributed by atoms with Crippen LogP contribution in [0.25, 0.3) is 0 Å². The summed E-state index contributed by atoms with van der Waals surface area (Å²) in [6.07, 6.45) is 2.90. The molecule has 1 heterocycles. The van der Waals surface area contributed by atoms with Crippen molar-refractivity contribution in [3.63, 3.8) is 0 Å². The number of carboxylic acid groups (broad SMARTS) is 1. The molecule has 0 saturated carbocycles. The van der Waals surface area contributed by atoms with Gasteiger partial charge in [0.05, 0.1) is 5.75 Å². The molecule has 1 saturated heterocycles. The van der Waals surface area contributed by atoms with Crippen LogP contribution < -0.4 is 5.32 Å². The number of nitrogens with zero attached hydrogens (tertiary/aromatic N) is 1. The number of carbonyl (C=O) groups is 1. The molecule has 0 aromatic rings. The minimum atomic E-state index is -3.32. The lowest BCUT2D eigenvalue weighted by atomic mass is 10.1. The second-order valence-corrected chi connectivity index (χ2v) is 6.67. The summed E-state index contributed by atoms with van der Waals surface area (Å²) in [4.78, 5) is 10.4. The van der Waals surface area contributed by atoms with E-state index in [9.17, 15) is 13.2 Å². The molecule has 6 nitrogen and oxygen atoms in total. The number of rotatable bonds is 7. The number of nitrogens with one attached hydrogen (secondary N) is 1. The summed E-state index contributed by atoms with van der Waals surface area (Å²) >= 11 is 0. The van der Waals surface area contributed by atoms with E-state index in [-0.39, 0.29) is 24.6 Å². The SMILES string of the molecule is CNCC1CCCCN1S(=O)(=O)CCCC(=O)O. The van der Waals surface area contributed by atoms with E-state index < -0.39 is 16.0 Å². The lowest BCUT2D eigenvalue weighted by Crippen LogP contribution is -2.48. The first-order valence-electron chi connectivity index (χ1n) is 6.33. The van der Waals surface area contributed by atoms with Gasteiger partial charge in [0, 0.05) is 25.6 Å². The van der Waals surface area contributed by atoms with Gasteiger partial charge in [0.15, 0.2) is 0 Å². The molecular formula is C11H22N2O4S. The van der Waals surface area contributed by atoms with Crippen molar-refractivity contribution >= 4 is 16.0 Å². The first-order valence-corrected chi connectivity index (χ1v) is 7.94. The zero-order chi connectivity index (χ0) is 13.6. The van der Waals surface area contributed by atoms with Crippen LogP contribution in [0, 0.1) is 0 Å². The van der Waals surface area contributed by atoms with Gasteiger partial charge in [-0.15, -0.1) is 0 Å². The molecule has 1 aliphatic heterocycles. The number of carboxylic acids is 1. The van der Waals surface area contributed by atoms with Crippen LogP contribution in [0.3, 0.4) is 0 Å². The third-order valence-corrected chi connectivity index (χ3v) is 5.16. The van der Waals surface area contributed by atoms with Gasteiger partial charge >= 0.3 is 5.97 Å². The largest absolute Gasteiger partial charge is 0.481 e. The zero-order valence-corrected chi connectivity index (χ0v) is 11.6. The molecule has 0 amide bonds. The summed E-state index contributed by atoms with van der Waals surface area (Å²) in [5, 5.41) is 11.6. The Bertz CT molecular complexity index is 367. The van der Waals surface area contributed by atoms with Crippen LogP contribution in [0.1, 0.15) is 32.1 Å². The van der Waals surface area contributed by atoms with Crippen molar-refractivity contribution in [2.45, 2.75) is 38.1 Å². The first-order chi connectivity index (χ1) is 8.47. The van der Waals surface area contributed by atoms with Crippen molar-refractivity contribution in [3.8, 4) is 0 Å². The van der Waals surface area contributed by atoms with Gasteiger partial charge in [-0.2, -0.15) is 4.31 Å². The fourth-order valence-corrected chi connectivity index (χ4v) is 4.09. The van der Waals surface area contributed by atoms with Gasteiger partial charge in [0.25, 0.3) is 0 Å². The van der Waals surface area contributed by atoms with Gasteiger partial charge < -0.3 is 10.4 Å². The Balaban J connectivity index is 2.59. The Hall–Kier alpha value is -0.660. The zero-order valence-electron chi connectivity index (χ0n) is 10.8. The third-order valence-electron chi connectivity index (χ3n) is 3.16. The van der Waals surface area contributed by atoms with Crippen LogP contribution >= 0.6 is 0 Å². The first kappa shape index (κ1) is 15.4. The average molecular weight is 278 g/mol. The van der Waals surface area contributed by atoms with Crippen LogP contribution in [0.4, 0.5) is 0 Å². The highest BCUT2D eigenvalue weighted by molar-refractivity contribution is 7.89. The maximum atomic E-state index is 12.2. The standard InChI is InChI=1S/C11H22N2O4S/c1-12-9-10-5-2-3-7-13(10)18(16,17)8-4-6-11(14)15/h10,12H,2-9H2,1H3,(H,14,15). The van der Waals surface area contributed by atoms with Gasteiger partial charge in [-0.05, 0) is 26.3 Å². The Kier molecular flexibility index (Phi) is 6.04. The summed E-state index contributed by atoms with van der Waals surface area (Å²) in [5.41, 5.74) is 0. The maximum Gasteiger partial charge on any atom is 0.303 e. The fraction of sp³-hybridized carbons (Fsp3) is 0.909. The van der Waals surface area contributed by atoms with E-state index in [1.807, 2.05) is 7.05 Å². The van der Waals surface area contributed by atoms with E-state index in [1.165, 1.54) is 0 Å². The molecule has 0 radical (unpaired) electrons. The van der Waals surface area contributed by atoms with Crippen molar-refractivity contribution in [1.29, 1.82) is 0 Å². The maximum absolute atomic E-state index is 12.2. The number of hydrogen-bond acceptors (Lipinski definition) is 4. The molecule has 1 unspecified atom stereocenters. The normalized spacial score (nSPS) is 21.9. The summed E-state index contributed by atoms with van der Waals surface area (Å²) in [7, 11) is -1.51. The highest BCUT2D eigenvalue weighted by Crippen LogP contribution is 2.21. The lowest BCUT2D eigenvalue weighted by Gasteiger charge is -2.34. The van der Waals surface area contributed by atoms with Gasteiger partial charge in [-0.3, -0.25) is 4.79 Å². The second kappa shape index (κ2) is 7.06. The summed E-state index contributed by atoms with van der Waals surface area (Å²) < 4.78 is 25.9. The number of likely N-dealkylation sites (N-methyl/N-ethyl adjacent to an activating group) is 1. The topological polar surface area (TPSA) is 86.7 Å². The Morgan fingerprint density at radius 2 is 2.17 bits per heavy atom. The summed E-state index contributed by atoms with van der Waals surface area (Å²) in [6, 6.07) is 0.0126. The van der Waals surface area contributed by atoms with E-state index >= 15 is 0 Å². The van der Waals surface area contributed by atoms with Gasteiger partial charge in [0.2, 0.25) is 10.0 Å². The summed E-state index contributed by atoms with van der Waals surface area (Å²) in [6.45, 7) is 1.21. The molecular weight excluding hydrogens is 256 g/mol. The minimum Gasteiger partial charge on any atom is -0.481 e. The van der Waals surface area contributed by atoms with Crippen LogP contribution in [0.2, 0.25) is 0 Å². The van der Waals surface area contributed by atoms with Crippen LogP contribution in [0.5, 0.6) is 0 Å². The molecule has 0 aromatic heterocycles. The number of piperidine rings is 1. The Labute approximate surface area is 108 Å². The monoisotopic (exact) mass is 278 g/mol. The number of sulfonamides is 1. The Morgan fingerprint density at radius 1 is 1.44 bits per heavy atom. The van der Waals surface area contributed by atoms with Crippen LogP contribution in [-0.2, 0) is 14.8 Å². The molecule has 1 rings (SSSR count). The smallest absolute Gasteiger partial charge is 0.303 e. The van der Waals surface area contributed by atoms with Gasteiger partial charge in [-0.25, -0.2) is 8.42 Å². The van der Waals surface area contributed by atoms with Crippen molar-refractivity contribution in [2.24, 2.45) is 0 Å². The molecule has 7 heteroatoms. The second-order valence-electron chi connectivity index (χ2n) is 4.63. The third kappa shape index (κ3) is 4.55. The molecule has 0 bridgehead atoms. The predicted octanol–water partition coefficient (Wildman–Crippen LogP) is 0.255. The minimum absolute atomic E-state index is 0.0126. The fourth-order valence-electron chi connectivity index (χ4n) is 2.30. The molecule has 106 valence electrons. The number of hydrogen-bond donors (Lipinski definition) is 2. The highest BCUT2D eigenvalue weighted by atomic mass is 32.2. The van der Waals surface area contributed by atoms with Crippen molar-refractivity contribution in [3.05, 3.63) is 0 Å². The van der Waals surface area contributed by atoms with E-state index in [4.69, 9.17) is 5.11 Å². The van der Waals surface area contributed by atoms with Crippen molar-refractivity contribution < 1.29 is 18.3 Å². The molecule has 1 aliphatic rings. The number of aliphatic carboxylic acids is 1. The molecule has 1 atom stereocenters. The van der Waals surface area contributed by atoms with Crippen molar-refractivity contribution in [1.82, 2.24) is 9.62 Å².